The van der Waals surface area contributed by atoms with Crippen LogP contribution in [-0.2, 0) is 0 Å². The van der Waals surface area contributed by atoms with Crippen LogP contribution in [-0.4, -0.2) is 12.9 Å². The third-order valence-corrected chi connectivity index (χ3v) is 2.84. The van der Waals surface area contributed by atoms with Crippen LogP contribution in [0.15, 0.2) is 17.5 Å². The number of nitrogens with one attached hydrogen (secondary N) is 1. The Kier molecular flexibility index (Phi) is 3.91. The fourth-order valence-corrected chi connectivity index (χ4v) is 2.12. The summed E-state index contributed by atoms with van der Waals surface area (Å²) < 4.78 is 0. The van der Waals surface area contributed by atoms with E-state index >= 15 is 0 Å². The molecule has 1 atom stereocenters. The molecule has 0 aliphatic heterocycles. The first kappa shape index (κ1) is 9.04. The van der Waals surface area contributed by atoms with Crippen molar-refractivity contribution >= 4 is 22.9 Å². The van der Waals surface area contributed by atoms with Gasteiger partial charge in [-0.25, -0.2) is 0 Å². The molecule has 1 aromatic heterocycles. The predicted octanol–water partition coefficient (Wildman–Crippen LogP) is 2.64. The maximum Gasteiger partial charge on any atom is 0.0423 e. The normalized spacial score (nSPS) is 13.3. The molecule has 0 spiro atoms. The molecule has 0 saturated heterocycles. The number of alkyl halides is 1. The van der Waals surface area contributed by atoms with Gasteiger partial charge < -0.3 is 5.32 Å². The van der Waals surface area contributed by atoms with E-state index in [0.717, 1.165) is 6.42 Å². The van der Waals surface area contributed by atoms with E-state index in [1.165, 1.54) is 4.88 Å². The average Bonchev–Trinajstić information content (AvgIpc) is 2.52. The smallest absolute Gasteiger partial charge is 0.0423 e. The highest BCUT2D eigenvalue weighted by Gasteiger charge is 2.07. The van der Waals surface area contributed by atoms with Gasteiger partial charge in [0.2, 0.25) is 0 Å². The first-order valence-electron chi connectivity index (χ1n) is 3.65. The average molecular weight is 190 g/mol. The second-order valence-corrected chi connectivity index (χ2v) is 3.69. The Hall–Kier alpha value is -0.0500. The summed E-state index contributed by atoms with van der Waals surface area (Å²) in [7, 11) is 1.97. The van der Waals surface area contributed by atoms with Crippen molar-refractivity contribution in [1.82, 2.24) is 5.32 Å². The minimum Gasteiger partial charge on any atom is -0.312 e. The van der Waals surface area contributed by atoms with Crippen LogP contribution in [0, 0.1) is 0 Å². The van der Waals surface area contributed by atoms with Gasteiger partial charge in [-0.05, 0) is 24.9 Å². The summed E-state index contributed by atoms with van der Waals surface area (Å²) in [6.45, 7) is 0. The quantitative estimate of drug-likeness (QED) is 0.719. The Bertz CT molecular complexity index is 186. The second kappa shape index (κ2) is 4.75. The van der Waals surface area contributed by atoms with E-state index in [1.54, 1.807) is 11.3 Å². The Balaban J connectivity index is 2.56. The lowest BCUT2D eigenvalue weighted by molar-refractivity contribution is 0.589. The third-order valence-electron chi connectivity index (χ3n) is 1.63. The zero-order valence-corrected chi connectivity index (χ0v) is 8.08. The molecule has 3 heteroatoms. The van der Waals surface area contributed by atoms with Crippen molar-refractivity contribution in [3.05, 3.63) is 22.4 Å². The van der Waals surface area contributed by atoms with Crippen molar-refractivity contribution < 1.29 is 0 Å². The lowest BCUT2D eigenvalue weighted by Crippen LogP contribution is -2.15. The molecule has 0 bridgehead atoms. The SMILES string of the molecule is CNC(CCCl)c1cccs1. The van der Waals surface area contributed by atoms with Gasteiger partial charge in [-0.15, -0.1) is 22.9 Å². The van der Waals surface area contributed by atoms with Gasteiger partial charge in [-0.1, -0.05) is 6.07 Å². The molecule has 62 valence electrons. The van der Waals surface area contributed by atoms with Crippen molar-refractivity contribution in [2.75, 3.05) is 12.9 Å². The molecule has 11 heavy (non-hydrogen) atoms. The van der Waals surface area contributed by atoms with E-state index in [1.807, 2.05) is 7.05 Å². The Morgan fingerprint density at radius 1 is 1.73 bits per heavy atom. The van der Waals surface area contributed by atoms with Crippen molar-refractivity contribution in [3.8, 4) is 0 Å². The van der Waals surface area contributed by atoms with Gasteiger partial charge in [0.1, 0.15) is 0 Å². The predicted molar refractivity (Wildman–Crippen MR) is 51.5 cm³/mol. The summed E-state index contributed by atoms with van der Waals surface area (Å²) in [5.41, 5.74) is 0. The molecule has 1 unspecified atom stereocenters. The van der Waals surface area contributed by atoms with Crippen LogP contribution < -0.4 is 5.32 Å². The Labute approximate surface area is 76.4 Å². The summed E-state index contributed by atoms with van der Waals surface area (Å²) in [6, 6.07) is 4.64. The van der Waals surface area contributed by atoms with Crippen LogP contribution >= 0.6 is 22.9 Å². The molecular formula is C8H12ClNS. The van der Waals surface area contributed by atoms with Gasteiger partial charge >= 0.3 is 0 Å². The maximum absolute atomic E-state index is 5.66. The topological polar surface area (TPSA) is 12.0 Å². The van der Waals surface area contributed by atoms with Crippen LogP contribution in [0.1, 0.15) is 17.3 Å². The zero-order valence-electron chi connectivity index (χ0n) is 6.51. The van der Waals surface area contributed by atoms with E-state index in [4.69, 9.17) is 11.6 Å². The summed E-state index contributed by atoms with van der Waals surface area (Å²) in [6.07, 6.45) is 0.999. The van der Waals surface area contributed by atoms with E-state index in [-0.39, 0.29) is 0 Å². The van der Waals surface area contributed by atoms with E-state index in [2.05, 4.69) is 22.8 Å². The molecule has 1 nitrogen and oxygen atoms in total. The summed E-state index contributed by atoms with van der Waals surface area (Å²) in [5.74, 6) is 0.712. The van der Waals surface area contributed by atoms with Gasteiger partial charge in [0.15, 0.2) is 0 Å². The van der Waals surface area contributed by atoms with Gasteiger partial charge in [0, 0.05) is 16.8 Å². The van der Waals surface area contributed by atoms with Gasteiger partial charge in [0.05, 0.1) is 0 Å². The van der Waals surface area contributed by atoms with E-state index in [9.17, 15) is 0 Å². The van der Waals surface area contributed by atoms with Gasteiger partial charge in [0.25, 0.3) is 0 Å². The molecule has 0 saturated carbocycles. The first-order chi connectivity index (χ1) is 5.38. The minimum absolute atomic E-state index is 0.437. The molecule has 0 amide bonds. The van der Waals surface area contributed by atoms with Crippen molar-refractivity contribution in [2.24, 2.45) is 0 Å². The van der Waals surface area contributed by atoms with Gasteiger partial charge in [-0.2, -0.15) is 0 Å². The molecule has 1 N–H and O–H groups in total. The number of hydrogen-bond acceptors (Lipinski definition) is 2. The Morgan fingerprint density at radius 3 is 3.00 bits per heavy atom. The largest absolute Gasteiger partial charge is 0.312 e. The van der Waals surface area contributed by atoms with Crippen molar-refractivity contribution in [1.29, 1.82) is 0 Å². The van der Waals surface area contributed by atoms with E-state index in [0.29, 0.717) is 11.9 Å². The monoisotopic (exact) mass is 189 g/mol. The van der Waals surface area contributed by atoms with E-state index < -0.39 is 0 Å². The number of thiophene rings is 1. The third kappa shape index (κ3) is 2.47. The number of halogens is 1. The molecule has 1 rings (SSSR count). The molecule has 1 aromatic rings. The lowest BCUT2D eigenvalue weighted by Gasteiger charge is -2.11. The zero-order chi connectivity index (χ0) is 8.10. The summed E-state index contributed by atoms with van der Waals surface area (Å²) in [5, 5.41) is 5.32. The van der Waals surface area contributed by atoms with Crippen molar-refractivity contribution in [3.63, 3.8) is 0 Å². The molecule has 0 aliphatic rings. The highest BCUT2D eigenvalue weighted by atomic mass is 35.5. The summed E-state index contributed by atoms with van der Waals surface area (Å²) in [4.78, 5) is 1.37. The van der Waals surface area contributed by atoms with Crippen LogP contribution in [0.4, 0.5) is 0 Å². The molecule has 0 radical (unpaired) electrons. The highest BCUT2D eigenvalue weighted by Crippen LogP contribution is 2.21. The maximum atomic E-state index is 5.66. The number of hydrogen-bond donors (Lipinski definition) is 1. The first-order valence-corrected chi connectivity index (χ1v) is 5.06. The van der Waals surface area contributed by atoms with Gasteiger partial charge in [-0.3, -0.25) is 0 Å². The lowest BCUT2D eigenvalue weighted by atomic mass is 10.2. The van der Waals surface area contributed by atoms with Crippen LogP contribution in [0.3, 0.4) is 0 Å². The van der Waals surface area contributed by atoms with Crippen LogP contribution in [0.2, 0.25) is 0 Å². The minimum atomic E-state index is 0.437. The van der Waals surface area contributed by atoms with Crippen LogP contribution in [0.5, 0.6) is 0 Å². The summed E-state index contributed by atoms with van der Waals surface area (Å²) >= 11 is 7.43. The highest BCUT2D eigenvalue weighted by molar-refractivity contribution is 7.10. The fraction of sp³-hybridized carbons (Fsp3) is 0.500. The van der Waals surface area contributed by atoms with Crippen molar-refractivity contribution in [2.45, 2.75) is 12.5 Å². The standard InChI is InChI=1S/C8H12ClNS/c1-10-7(4-5-9)8-3-2-6-11-8/h2-3,6-7,10H,4-5H2,1H3. The Morgan fingerprint density at radius 2 is 2.55 bits per heavy atom. The molecule has 0 aliphatic carbocycles. The second-order valence-electron chi connectivity index (χ2n) is 2.33. The molecule has 1 heterocycles. The fourth-order valence-electron chi connectivity index (χ4n) is 1.03. The molecular weight excluding hydrogens is 178 g/mol. The number of rotatable bonds is 4. The van der Waals surface area contributed by atoms with Crippen LogP contribution in [0.25, 0.3) is 0 Å². The molecule has 0 fully saturated rings. The molecule has 0 aromatic carbocycles.